The van der Waals surface area contributed by atoms with Gasteiger partial charge in [0, 0.05) is 12.6 Å². The van der Waals surface area contributed by atoms with Gasteiger partial charge >= 0.3 is 0 Å². The molecule has 0 aliphatic heterocycles. The van der Waals surface area contributed by atoms with Gasteiger partial charge in [-0.2, -0.15) is 0 Å². The minimum atomic E-state index is 0.678. The van der Waals surface area contributed by atoms with Crippen molar-refractivity contribution in [3.63, 3.8) is 0 Å². The second-order valence-electron chi connectivity index (χ2n) is 4.34. The predicted octanol–water partition coefficient (Wildman–Crippen LogP) is 3.78. The van der Waals surface area contributed by atoms with Gasteiger partial charge in [0.2, 0.25) is 0 Å². The van der Waals surface area contributed by atoms with Crippen LogP contribution in [0.1, 0.15) is 11.3 Å². The van der Waals surface area contributed by atoms with Crippen molar-refractivity contribution in [3.05, 3.63) is 46.2 Å². The lowest BCUT2D eigenvalue weighted by molar-refractivity contribution is 0.393. The van der Waals surface area contributed by atoms with Crippen LogP contribution in [0.15, 0.2) is 34.9 Å². The zero-order chi connectivity index (χ0) is 14.5. The van der Waals surface area contributed by atoms with Crippen LogP contribution in [0.25, 0.3) is 0 Å². The van der Waals surface area contributed by atoms with E-state index in [9.17, 15) is 0 Å². The summed E-state index contributed by atoms with van der Waals surface area (Å²) in [5.74, 6) is 1.57. The molecule has 5 heteroatoms. The summed E-state index contributed by atoms with van der Waals surface area (Å²) in [6.07, 6.45) is 0. The van der Waals surface area contributed by atoms with E-state index in [0.717, 1.165) is 33.0 Å². The zero-order valence-electron chi connectivity index (χ0n) is 11.7. The first-order valence-corrected chi connectivity index (χ1v) is 7.00. The predicted molar refractivity (Wildman–Crippen MR) is 83.5 cm³/mol. The van der Waals surface area contributed by atoms with Crippen LogP contribution in [0, 0.1) is 6.92 Å². The number of aromatic nitrogens is 1. The van der Waals surface area contributed by atoms with E-state index in [4.69, 9.17) is 9.47 Å². The molecule has 0 fully saturated rings. The van der Waals surface area contributed by atoms with E-state index in [1.807, 2.05) is 37.3 Å². The van der Waals surface area contributed by atoms with Crippen molar-refractivity contribution in [2.45, 2.75) is 13.5 Å². The Hall–Kier alpha value is -1.75. The third-order valence-corrected chi connectivity index (χ3v) is 3.39. The molecule has 1 N–H and O–H groups in total. The SMILES string of the molecule is COc1cc(CNc2ccc(Br)nc2C)cc(OC)c1. The quantitative estimate of drug-likeness (QED) is 0.844. The lowest BCUT2D eigenvalue weighted by Crippen LogP contribution is -2.03. The maximum atomic E-state index is 5.26. The van der Waals surface area contributed by atoms with Crippen molar-refractivity contribution >= 4 is 21.6 Å². The molecule has 0 amide bonds. The van der Waals surface area contributed by atoms with Crippen LogP contribution in [-0.2, 0) is 6.54 Å². The largest absolute Gasteiger partial charge is 0.497 e. The third-order valence-electron chi connectivity index (χ3n) is 2.95. The van der Waals surface area contributed by atoms with Crippen LogP contribution in [0.4, 0.5) is 5.69 Å². The van der Waals surface area contributed by atoms with E-state index >= 15 is 0 Å². The Morgan fingerprint density at radius 3 is 2.30 bits per heavy atom. The molecule has 1 aromatic carbocycles. The lowest BCUT2D eigenvalue weighted by atomic mass is 10.2. The average molecular weight is 337 g/mol. The molecule has 2 rings (SSSR count). The number of aryl methyl sites for hydroxylation is 1. The second kappa shape index (κ2) is 6.61. The first kappa shape index (κ1) is 14.7. The van der Waals surface area contributed by atoms with Crippen LogP contribution in [-0.4, -0.2) is 19.2 Å². The molecular weight excluding hydrogens is 320 g/mol. The summed E-state index contributed by atoms with van der Waals surface area (Å²) in [5, 5.41) is 3.36. The summed E-state index contributed by atoms with van der Waals surface area (Å²) in [7, 11) is 3.30. The summed E-state index contributed by atoms with van der Waals surface area (Å²) in [6.45, 7) is 2.65. The van der Waals surface area contributed by atoms with Crippen LogP contribution in [0.5, 0.6) is 11.5 Å². The highest BCUT2D eigenvalue weighted by Crippen LogP contribution is 2.24. The highest BCUT2D eigenvalue weighted by molar-refractivity contribution is 9.10. The summed E-state index contributed by atoms with van der Waals surface area (Å²) in [5.41, 5.74) is 3.05. The van der Waals surface area contributed by atoms with Crippen molar-refractivity contribution < 1.29 is 9.47 Å². The number of hydrogen-bond donors (Lipinski definition) is 1. The van der Waals surface area contributed by atoms with Gasteiger partial charge in [-0.05, 0) is 52.7 Å². The Balaban J connectivity index is 2.13. The number of pyridine rings is 1. The first-order chi connectivity index (χ1) is 9.62. The molecule has 0 unspecified atom stereocenters. The molecule has 0 atom stereocenters. The van der Waals surface area contributed by atoms with E-state index in [1.54, 1.807) is 14.2 Å². The van der Waals surface area contributed by atoms with Gasteiger partial charge in [-0.15, -0.1) is 0 Å². The highest BCUT2D eigenvalue weighted by atomic mass is 79.9. The molecule has 0 aliphatic rings. The lowest BCUT2D eigenvalue weighted by Gasteiger charge is -2.11. The zero-order valence-corrected chi connectivity index (χ0v) is 13.3. The monoisotopic (exact) mass is 336 g/mol. The number of ether oxygens (including phenoxy) is 2. The molecule has 0 aliphatic carbocycles. The molecule has 1 aromatic heterocycles. The number of rotatable bonds is 5. The molecule has 20 heavy (non-hydrogen) atoms. The van der Waals surface area contributed by atoms with Crippen LogP contribution in [0.3, 0.4) is 0 Å². The number of methoxy groups -OCH3 is 2. The van der Waals surface area contributed by atoms with E-state index in [1.165, 1.54) is 0 Å². The minimum Gasteiger partial charge on any atom is -0.497 e. The van der Waals surface area contributed by atoms with Crippen LogP contribution < -0.4 is 14.8 Å². The van der Waals surface area contributed by atoms with Crippen molar-refractivity contribution in [1.82, 2.24) is 4.98 Å². The standard InChI is InChI=1S/C15H17BrN2O2/c1-10-14(4-5-15(16)18-10)17-9-11-6-12(19-2)8-13(7-11)20-3/h4-8,17H,9H2,1-3H3. The smallest absolute Gasteiger partial charge is 0.122 e. The maximum absolute atomic E-state index is 5.26. The number of nitrogens with one attached hydrogen (secondary N) is 1. The van der Waals surface area contributed by atoms with E-state index < -0.39 is 0 Å². The van der Waals surface area contributed by atoms with E-state index in [2.05, 4.69) is 26.2 Å². The first-order valence-electron chi connectivity index (χ1n) is 6.21. The third kappa shape index (κ3) is 3.63. The number of nitrogens with zero attached hydrogens (tertiary/aromatic N) is 1. The highest BCUT2D eigenvalue weighted by Gasteiger charge is 2.04. The van der Waals surface area contributed by atoms with Gasteiger partial charge in [0.25, 0.3) is 0 Å². The summed E-state index contributed by atoms with van der Waals surface area (Å²) < 4.78 is 11.4. The van der Waals surface area contributed by atoms with Crippen LogP contribution in [0.2, 0.25) is 0 Å². The molecule has 4 nitrogen and oxygen atoms in total. The molecule has 0 saturated heterocycles. The molecule has 2 aromatic rings. The van der Waals surface area contributed by atoms with Gasteiger partial charge in [0.15, 0.2) is 0 Å². The summed E-state index contributed by atoms with van der Waals surface area (Å²) in [6, 6.07) is 9.75. The Labute approximate surface area is 127 Å². The fraction of sp³-hybridized carbons (Fsp3) is 0.267. The molecule has 1 heterocycles. The van der Waals surface area contributed by atoms with E-state index in [0.29, 0.717) is 6.54 Å². The van der Waals surface area contributed by atoms with Crippen molar-refractivity contribution in [2.75, 3.05) is 19.5 Å². The summed E-state index contributed by atoms with van der Waals surface area (Å²) >= 11 is 3.36. The Bertz CT molecular complexity index is 580. The second-order valence-corrected chi connectivity index (χ2v) is 5.15. The van der Waals surface area contributed by atoms with Crippen molar-refractivity contribution in [2.24, 2.45) is 0 Å². The molecule has 0 radical (unpaired) electrons. The molecular formula is C15H17BrN2O2. The molecule has 106 valence electrons. The Kier molecular flexibility index (Phi) is 4.84. The average Bonchev–Trinajstić information content (AvgIpc) is 2.46. The van der Waals surface area contributed by atoms with Crippen molar-refractivity contribution in [3.8, 4) is 11.5 Å². The number of benzene rings is 1. The number of anilines is 1. The molecule has 0 spiro atoms. The van der Waals surface area contributed by atoms with Gasteiger partial charge in [0.1, 0.15) is 16.1 Å². The fourth-order valence-electron chi connectivity index (χ4n) is 1.88. The van der Waals surface area contributed by atoms with Gasteiger partial charge in [-0.25, -0.2) is 4.98 Å². The van der Waals surface area contributed by atoms with Gasteiger partial charge in [-0.1, -0.05) is 0 Å². The molecule has 0 saturated carbocycles. The summed E-state index contributed by atoms with van der Waals surface area (Å²) in [4.78, 5) is 4.36. The Morgan fingerprint density at radius 2 is 1.75 bits per heavy atom. The normalized spacial score (nSPS) is 10.2. The number of halogens is 1. The molecule has 0 bridgehead atoms. The van der Waals surface area contributed by atoms with Gasteiger partial charge in [-0.3, -0.25) is 0 Å². The van der Waals surface area contributed by atoms with E-state index in [-0.39, 0.29) is 0 Å². The maximum Gasteiger partial charge on any atom is 0.122 e. The van der Waals surface area contributed by atoms with Crippen molar-refractivity contribution in [1.29, 1.82) is 0 Å². The van der Waals surface area contributed by atoms with Crippen LogP contribution >= 0.6 is 15.9 Å². The van der Waals surface area contributed by atoms with Gasteiger partial charge in [0.05, 0.1) is 25.6 Å². The number of hydrogen-bond acceptors (Lipinski definition) is 4. The fourth-order valence-corrected chi connectivity index (χ4v) is 2.28. The Morgan fingerprint density at radius 1 is 1.10 bits per heavy atom. The van der Waals surface area contributed by atoms with Gasteiger partial charge < -0.3 is 14.8 Å². The topological polar surface area (TPSA) is 43.4 Å². The minimum absolute atomic E-state index is 0.678.